The van der Waals surface area contributed by atoms with Crippen molar-refractivity contribution in [2.24, 2.45) is 0 Å². The number of rotatable bonds is 8. The fourth-order valence-electron chi connectivity index (χ4n) is 3.57. The molecule has 9 heteroatoms. The molecule has 1 unspecified atom stereocenters. The van der Waals surface area contributed by atoms with Crippen molar-refractivity contribution < 1.29 is 24.2 Å². The van der Waals surface area contributed by atoms with Gasteiger partial charge in [0.05, 0.1) is 12.0 Å². The molecule has 1 fully saturated rings. The predicted octanol–water partition coefficient (Wildman–Crippen LogP) is 6.06. The van der Waals surface area contributed by atoms with E-state index in [4.69, 9.17) is 21.7 Å². The first-order valence-corrected chi connectivity index (χ1v) is 12.5. The summed E-state index contributed by atoms with van der Waals surface area (Å²) in [5.41, 5.74) is 2.18. The SMILES string of the molecule is COc1cc(/C=C2/SC(=S)N(C(C(=O)O)c3ccccc3)C2=O)ccc1OCc1cccc(Br)c1. The van der Waals surface area contributed by atoms with Crippen molar-refractivity contribution in [3.8, 4) is 11.5 Å². The lowest BCUT2D eigenvalue weighted by molar-refractivity contribution is -0.145. The number of carboxylic acid groups (broad SMARTS) is 1. The summed E-state index contributed by atoms with van der Waals surface area (Å²) in [6.07, 6.45) is 1.67. The molecule has 1 N–H and O–H groups in total. The van der Waals surface area contributed by atoms with Gasteiger partial charge in [-0.1, -0.05) is 88.4 Å². The number of thiocarbonyl (C=S) groups is 1. The molecule has 4 rings (SSSR count). The standard InChI is InChI=1S/C26H20BrNO5S2/c1-32-21-13-16(10-11-20(21)33-15-17-6-5-9-19(27)12-17)14-22-24(29)28(26(34)35-22)23(25(30)31)18-7-3-2-4-8-18/h2-14,23H,15H2,1H3,(H,30,31)/b22-14+. The van der Waals surface area contributed by atoms with Crippen LogP contribution in [0, 0.1) is 0 Å². The van der Waals surface area contributed by atoms with Gasteiger partial charge >= 0.3 is 5.97 Å². The molecule has 3 aromatic rings. The van der Waals surface area contributed by atoms with E-state index in [9.17, 15) is 14.7 Å². The maximum Gasteiger partial charge on any atom is 0.331 e. The van der Waals surface area contributed by atoms with Crippen LogP contribution in [0.4, 0.5) is 0 Å². The molecule has 6 nitrogen and oxygen atoms in total. The highest BCUT2D eigenvalue weighted by Gasteiger charge is 2.41. The van der Waals surface area contributed by atoms with Crippen molar-refractivity contribution in [3.05, 3.63) is 98.9 Å². The third-order valence-electron chi connectivity index (χ3n) is 5.20. The van der Waals surface area contributed by atoms with Gasteiger partial charge in [-0.2, -0.15) is 0 Å². The fraction of sp³-hybridized carbons (Fsp3) is 0.115. The highest BCUT2D eigenvalue weighted by Crippen LogP contribution is 2.39. The zero-order valence-electron chi connectivity index (χ0n) is 18.5. The second-order valence-electron chi connectivity index (χ2n) is 7.53. The summed E-state index contributed by atoms with van der Waals surface area (Å²) in [7, 11) is 1.54. The molecule has 0 radical (unpaired) electrons. The molecule has 0 aliphatic carbocycles. The molecule has 1 amide bonds. The fourth-order valence-corrected chi connectivity index (χ4v) is 5.33. The van der Waals surface area contributed by atoms with Gasteiger partial charge in [0, 0.05) is 4.47 Å². The number of methoxy groups -OCH3 is 1. The Bertz CT molecular complexity index is 1310. The second-order valence-corrected chi connectivity index (χ2v) is 10.1. The second kappa shape index (κ2) is 11.1. The van der Waals surface area contributed by atoms with Crippen LogP contribution < -0.4 is 9.47 Å². The number of nitrogens with zero attached hydrogens (tertiary/aromatic N) is 1. The van der Waals surface area contributed by atoms with Gasteiger partial charge < -0.3 is 14.6 Å². The predicted molar refractivity (Wildman–Crippen MR) is 143 cm³/mol. The van der Waals surface area contributed by atoms with E-state index in [2.05, 4.69) is 15.9 Å². The van der Waals surface area contributed by atoms with E-state index in [1.165, 1.54) is 0 Å². The topological polar surface area (TPSA) is 76.1 Å². The van der Waals surface area contributed by atoms with Crippen LogP contribution in [-0.2, 0) is 16.2 Å². The molecule has 178 valence electrons. The van der Waals surface area contributed by atoms with Gasteiger partial charge in [-0.25, -0.2) is 4.79 Å². The summed E-state index contributed by atoms with van der Waals surface area (Å²) in [5, 5.41) is 9.83. The number of benzene rings is 3. The van der Waals surface area contributed by atoms with E-state index in [1.807, 2.05) is 24.3 Å². The van der Waals surface area contributed by atoms with E-state index in [0.717, 1.165) is 26.7 Å². The number of hydrogen-bond donors (Lipinski definition) is 1. The van der Waals surface area contributed by atoms with Crippen LogP contribution in [0.3, 0.4) is 0 Å². The minimum absolute atomic E-state index is 0.193. The quantitative estimate of drug-likeness (QED) is 0.261. The van der Waals surface area contributed by atoms with Crippen LogP contribution in [0.25, 0.3) is 6.08 Å². The number of ether oxygens (including phenoxy) is 2. The summed E-state index contributed by atoms with van der Waals surface area (Å²) in [6, 6.07) is 20.5. The normalized spacial score (nSPS) is 15.4. The molecule has 1 saturated heterocycles. The third kappa shape index (κ3) is 5.75. The third-order valence-corrected chi connectivity index (χ3v) is 7.02. The largest absolute Gasteiger partial charge is 0.493 e. The van der Waals surface area contributed by atoms with E-state index in [1.54, 1.807) is 61.7 Å². The number of carbonyl (C=O) groups is 2. The monoisotopic (exact) mass is 569 g/mol. The van der Waals surface area contributed by atoms with Crippen LogP contribution in [0.2, 0.25) is 0 Å². The Balaban J connectivity index is 1.55. The average Bonchev–Trinajstić information content (AvgIpc) is 3.11. The lowest BCUT2D eigenvalue weighted by atomic mass is 10.1. The lowest BCUT2D eigenvalue weighted by Crippen LogP contribution is -2.37. The first-order chi connectivity index (χ1) is 16.9. The Hall–Kier alpha value is -3.14. The first-order valence-electron chi connectivity index (χ1n) is 10.5. The summed E-state index contributed by atoms with van der Waals surface area (Å²) >= 11 is 9.90. The van der Waals surface area contributed by atoms with Gasteiger partial charge in [-0.05, 0) is 47.0 Å². The number of aliphatic carboxylic acids is 1. The first kappa shape index (κ1) is 25.0. The van der Waals surface area contributed by atoms with Gasteiger partial charge in [-0.15, -0.1) is 0 Å². The maximum atomic E-state index is 13.2. The van der Waals surface area contributed by atoms with Crippen LogP contribution in [0.5, 0.6) is 11.5 Å². The highest BCUT2D eigenvalue weighted by molar-refractivity contribution is 9.10. The van der Waals surface area contributed by atoms with E-state index in [0.29, 0.717) is 34.1 Å². The van der Waals surface area contributed by atoms with Crippen LogP contribution >= 0.6 is 39.9 Å². The molecule has 3 aromatic carbocycles. The maximum absolute atomic E-state index is 13.2. The number of carboxylic acids is 1. The zero-order chi connectivity index (χ0) is 24.9. The van der Waals surface area contributed by atoms with Crippen molar-refractivity contribution >= 4 is 62.2 Å². The van der Waals surface area contributed by atoms with Crippen LogP contribution in [0.1, 0.15) is 22.7 Å². The molecule has 1 atom stereocenters. The minimum Gasteiger partial charge on any atom is -0.493 e. The average molecular weight is 570 g/mol. The van der Waals surface area contributed by atoms with Crippen molar-refractivity contribution in [3.63, 3.8) is 0 Å². The Kier molecular flexibility index (Phi) is 7.90. The molecule has 0 saturated carbocycles. The summed E-state index contributed by atoms with van der Waals surface area (Å²) in [6.45, 7) is 0.365. The van der Waals surface area contributed by atoms with Crippen molar-refractivity contribution in [1.82, 2.24) is 4.90 Å². The lowest BCUT2D eigenvalue weighted by Gasteiger charge is -2.23. The molecular formula is C26H20BrNO5S2. The molecule has 1 heterocycles. The van der Waals surface area contributed by atoms with Crippen molar-refractivity contribution in [2.75, 3.05) is 7.11 Å². The van der Waals surface area contributed by atoms with Gasteiger partial charge in [0.2, 0.25) is 0 Å². The summed E-state index contributed by atoms with van der Waals surface area (Å²) in [4.78, 5) is 26.7. The molecule has 0 bridgehead atoms. The zero-order valence-corrected chi connectivity index (χ0v) is 21.7. The van der Waals surface area contributed by atoms with Crippen molar-refractivity contribution in [1.29, 1.82) is 0 Å². The molecule has 1 aliphatic heterocycles. The summed E-state index contributed by atoms with van der Waals surface area (Å²) in [5.74, 6) is -0.531. The van der Waals surface area contributed by atoms with Crippen LogP contribution in [0.15, 0.2) is 82.2 Å². The number of amides is 1. The van der Waals surface area contributed by atoms with Crippen molar-refractivity contribution in [2.45, 2.75) is 12.6 Å². The van der Waals surface area contributed by atoms with Gasteiger partial charge in [0.15, 0.2) is 17.5 Å². The number of carbonyl (C=O) groups excluding carboxylic acids is 1. The number of halogens is 1. The van der Waals surface area contributed by atoms with Gasteiger partial charge in [0.25, 0.3) is 5.91 Å². The minimum atomic E-state index is -1.20. The molecule has 0 aromatic heterocycles. The summed E-state index contributed by atoms with van der Waals surface area (Å²) < 4.78 is 12.6. The Morgan fingerprint density at radius 3 is 2.57 bits per heavy atom. The van der Waals surface area contributed by atoms with Gasteiger partial charge in [0.1, 0.15) is 10.9 Å². The molecule has 1 aliphatic rings. The number of thioether (sulfide) groups is 1. The number of hydrogen-bond acceptors (Lipinski definition) is 6. The molecule has 0 spiro atoms. The Labute approximate surface area is 220 Å². The van der Waals surface area contributed by atoms with Crippen LogP contribution in [-0.4, -0.2) is 33.3 Å². The smallest absolute Gasteiger partial charge is 0.331 e. The highest BCUT2D eigenvalue weighted by atomic mass is 79.9. The molecule has 35 heavy (non-hydrogen) atoms. The van der Waals surface area contributed by atoms with E-state index in [-0.39, 0.29) is 4.32 Å². The Morgan fingerprint density at radius 1 is 1.11 bits per heavy atom. The van der Waals surface area contributed by atoms with E-state index < -0.39 is 17.9 Å². The van der Waals surface area contributed by atoms with Gasteiger partial charge in [-0.3, -0.25) is 9.69 Å². The Morgan fingerprint density at radius 2 is 1.89 bits per heavy atom. The molecular weight excluding hydrogens is 550 g/mol. The van der Waals surface area contributed by atoms with E-state index >= 15 is 0 Å².